The van der Waals surface area contributed by atoms with E-state index >= 15 is 0 Å². The smallest absolute Gasteiger partial charge is 0.315 e. The Morgan fingerprint density at radius 1 is 1.15 bits per heavy atom. The second-order valence-corrected chi connectivity index (χ2v) is 6.54. The Bertz CT molecular complexity index is 375. The second-order valence-electron chi connectivity index (χ2n) is 6.54. The summed E-state index contributed by atoms with van der Waals surface area (Å²) in [4.78, 5) is 25.7. The highest BCUT2D eigenvalue weighted by atomic mass is 16.2. The Morgan fingerprint density at radius 3 is 2.60 bits per heavy atom. The molecule has 3 aliphatic rings. The zero-order valence-electron chi connectivity index (χ0n) is 12.1. The summed E-state index contributed by atoms with van der Waals surface area (Å²) in [6.45, 7) is 1.45. The van der Waals surface area contributed by atoms with E-state index in [4.69, 9.17) is 0 Å². The molecule has 1 atom stereocenters. The molecule has 2 saturated carbocycles. The van der Waals surface area contributed by atoms with Crippen LogP contribution in [0.2, 0.25) is 0 Å². The summed E-state index contributed by atoms with van der Waals surface area (Å²) in [5.74, 6) is 0.562. The molecule has 3 rings (SSSR count). The van der Waals surface area contributed by atoms with Crippen molar-refractivity contribution in [3.8, 4) is 0 Å². The summed E-state index contributed by atoms with van der Waals surface area (Å²) in [7, 11) is 0. The molecule has 5 heteroatoms. The number of urea groups is 1. The fourth-order valence-electron chi connectivity index (χ4n) is 3.40. The van der Waals surface area contributed by atoms with Gasteiger partial charge in [-0.25, -0.2) is 4.79 Å². The molecule has 2 N–H and O–H groups in total. The lowest BCUT2D eigenvalue weighted by molar-refractivity contribution is -0.128. The normalized spacial score (nSPS) is 27.7. The van der Waals surface area contributed by atoms with Gasteiger partial charge in [-0.1, -0.05) is 19.3 Å². The van der Waals surface area contributed by atoms with Crippen molar-refractivity contribution in [1.29, 1.82) is 0 Å². The lowest BCUT2D eigenvalue weighted by Gasteiger charge is -2.23. The molecule has 0 spiro atoms. The summed E-state index contributed by atoms with van der Waals surface area (Å²) in [6, 6.07) is 0.787. The molecule has 3 amide bonds. The SMILES string of the molecule is O=C(NCC1CC(=O)N(C2CC2)C1)NC1CCCCC1. The highest BCUT2D eigenvalue weighted by Crippen LogP contribution is 2.32. The quantitative estimate of drug-likeness (QED) is 0.821. The molecule has 0 aromatic heterocycles. The average molecular weight is 279 g/mol. The molecular formula is C15H25N3O2. The molecule has 1 unspecified atom stereocenters. The number of carbonyl (C=O) groups excluding carboxylic acids is 2. The number of likely N-dealkylation sites (tertiary alicyclic amines) is 1. The summed E-state index contributed by atoms with van der Waals surface area (Å²) >= 11 is 0. The van der Waals surface area contributed by atoms with Gasteiger partial charge in [0, 0.05) is 37.5 Å². The number of hydrogen-bond donors (Lipinski definition) is 2. The van der Waals surface area contributed by atoms with Crippen LogP contribution in [0.4, 0.5) is 4.79 Å². The van der Waals surface area contributed by atoms with Gasteiger partial charge in [0.25, 0.3) is 0 Å². The van der Waals surface area contributed by atoms with Crippen molar-refractivity contribution in [2.45, 2.75) is 63.5 Å². The molecule has 0 aromatic carbocycles. The molecule has 0 aromatic rings. The fraction of sp³-hybridized carbons (Fsp3) is 0.867. The lowest BCUT2D eigenvalue weighted by Crippen LogP contribution is -2.44. The first kappa shape index (κ1) is 13.7. The van der Waals surface area contributed by atoms with Gasteiger partial charge in [-0.3, -0.25) is 4.79 Å². The number of nitrogens with one attached hydrogen (secondary N) is 2. The van der Waals surface area contributed by atoms with Crippen LogP contribution in [-0.2, 0) is 4.79 Å². The standard InChI is InChI=1S/C15H25N3O2/c19-14-8-11(10-18(14)13-6-7-13)9-16-15(20)17-12-4-2-1-3-5-12/h11-13H,1-10H2,(H2,16,17,20). The van der Waals surface area contributed by atoms with Gasteiger partial charge in [0.1, 0.15) is 0 Å². The van der Waals surface area contributed by atoms with Crippen molar-refractivity contribution in [3.05, 3.63) is 0 Å². The van der Waals surface area contributed by atoms with Gasteiger partial charge >= 0.3 is 6.03 Å². The average Bonchev–Trinajstić information content (AvgIpc) is 3.21. The van der Waals surface area contributed by atoms with Crippen molar-refractivity contribution in [3.63, 3.8) is 0 Å². The van der Waals surface area contributed by atoms with E-state index in [1.165, 1.54) is 19.3 Å². The third-order valence-corrected chi connectivity index (χ3v) is 4.72. The summed E-state index contributed by atoms with van der Waals surface area (Å²) in [5, 5.41) is 6.00. The topological polar surface area (TPSA) is 61.4 Å². The number of carbonyl (C=O) groups is 2. The van der Waals surface area contributed by atoms with E-state index in [0.717, 1.165) is 32.2 Å². The minimum atomic E-state index is -0.0609. The molecule has 1 heterocycles. The molecule has 1 aliphatic heterocycles. The first-order valence-electron chi connectivity index (χ1n) is 8.06. The number of nitrogens with zero attached hydrogens (tertiary/aromatic N) is 1. The van der Waals surface area contributed by atoms with Crippen LogP contribution >= 0.6 is 0 Å². The van der Waals surface area contributed by atoms with Crippen LogP contribution in [0.5, 0.6) is 0 Å². The Balaban J connectivity index is 1.36. The molecule has 0 bridgehead atoms. The number of hydrogen-bond acceptors (Lipinski definition) is 2. The molecule has 1 saturated heterocycles. The minimum Gasteiger partial charge on any atom is -0.339 e. The molecule has 5 nitrogen and oxygen atoms in total. The van der Waals surface area contributed by atoms with Crippen LogP contribution in [0.3, 0.4) is 0 Å². The number of amides is 3. The lowest BCUT2D eigenvalue weighted by atomic mass is 9.96. The summed E-state index contributed by atoms with van der Waals surface area (Å²) in [5.41, 5.74) is 0. The predicted molar refractivity (Wildman–Crippen MR) is 76.2 cm³/mol. The third-order valence-electron chi connectivity index (χ3n) is 4.72. The van der Waals surface area contributed by atoms with Crippen molar-refractivity contribution in [1.82, 2.24) is 15.5 Å². The monoisotopic (exact) mass is 279 g/mol. The van der Waals surface area contributed by atoms with Crippen LogP contribution in [0, 0.1) is 5.92 Å². The number of rotatable bonds is 4. The Labute approximate surface area is 120 Å². The second kappa shape index (κ2) is 6.02. The highest BCUT2D eigenvalue weighted by molar-refractivity contribution is 5.79. The van der Waals surface area contributed by atoms with E-state index in [9.17, 15) is 9.59 Å². The molecule has 3 fully saturated rings. The largest absolute Gasteiger partial charge is 0.339 e. The maximum Gasteiger partial charge on any atom is 0.315 e. The third kappa shape index (κ3) is 3.44. The van der Waals surface area contributed by atoms with Gasteiger partial charge < -0.3 is 15.5 Å². The van der Waals surface area contributed by atoms with Gasteiger partial charge in [-0.05, 0) is 25.7 Å². The van der Waals surface area contributed by atoms with Gasteiger partial charge in [0.2, 0.25) is 5.91 Å². The molecule has 2 aliphatic carbocycles. The molecular weight excluding hydrogens is 254 g/mol. The summed E-state index contributed by atoms with van der Waals surface area (Å²) in [6.07, 6.45) is 8.86. The first-order valence-corrected chi connectivity index (χ1v) is 8.06. The van der Waals surface area contributed by atoms with Crippen LogP contribution in [0.25, 0.3) is 0 Å². The fourth-order valence-corrected chi connectivity index (χ4v) is 3.40. The van der Waals surface area contributed by atoms with E-state index in [0.29, 0.717) is 31.0 Å². The zero-order chi connectivity index (χ0) is 13.9. The van der Waals surface area contributed by atoms with E-state index in [-0.39, 0.29) is 11.9 Å². The molecule has 20 heavy (non-hydrogen) atoms. The molecule has 0 radical (unpaired) electrons. The Hall–Kier alpha value is -1.26. The predicted octanol–water partition coefficient (Wildman–Crippen LogP) is 1.63. The van der Waals surface area contributed by atoms with Gasteiger partial charge in [0.15, 0.2) is 0 Å². The van der Waals surface area contributed by atoms with Crippen molar-refractivity contribution in [2.24, 2.45) is 5.92 Å². The van der Waals surface area contributed by atoms with Gasteiger partial charge in [-0.2, -0.15) is 0 Å². The van der Waals surface area contributed by atoms with E-state index in [1.54, 1.807) is 0 Å². The van der Waals surface area contributed by atoms with Crippen LogP contribution in [-0.4, -0.2) is 42.0 Å². The van der Waals surface area contributed by atoms with Crippen molar-refractivity contribution >= 4 is 11.9 Å². The van der Waals surface area contributed by atoms with E-state index in [1.807, 2.05) is 4.90 Å². The Kier molecular flexibility index (Phi) is 4.13. The Morgan fingerprint density at radius 2 is 1.90 bits per heavy atom. The van der Waals surface area contributed by atoms with Crippen molar-refractivity contribution < 1.29 is 9.59 Å². The summed E-state index contributed by atoms with van der Waals surface area (Å²) < 4.78 is 0. The molecule has 112 valence electrons. The van der Waals surface area contributed by atoms with Crippen molar-refractivity contribution in [2.75, 3.05) is 13.1 Å². The maximum atomic E-state index is 11.9. The van der Waals surface area contributed by atoms with Gasteiger partial charge in [-0.15, -0.1) is 0 Å². The zero-order valence-corrected chi connectivity index (χ0v) is 12.1. The van der Waals surface area contributed by atoms with Gasteiger partial charge in [0.05, 0.1) is 0 Å². The first-order chi connectivity index (χ1) is 9.72. The maximum absolute atomic E-state index is 11.9. The van der Waals surface area contributed by atoms with Crippen LogP contribution in [0.15, 0.2) is 0 Å². The van der Waals surface area contributed by atoms with Crippen LogP contribution < -0.4 is 10.6 Å². The van der Waals surface area contributed by atoms with E-state index < -0.39 is 0 Å². The minimum absolute atomic E-state index is 0.0609. The highest BCUT2D eigenvalue weighted by Gasteiger charge is 2.39. The van der Waals surface area contributed by atoms with E-state index in [2.05, 4.69) is 10.6 Å². The van der Waals surface area contributed by atoms with Crippen LogP contribution in [0.1, 0.15) is 51.4 Å².